The number of carboxylic acids is 1. The lowest BCUT2D eigenvalue weighted by Crippen LogP contribution is -1.98. The van der Waals surface area contributed by atoms with Crippen LogP contribution in [0.25, 0.3) is 16.3 Å². The van der Waals surface area contributed by atoms with Crippen LogP contribution in [0.15, 0.2) is 23.8 Å². The second kappa shape index (κ2) is 4.40. The maximum atomic E-state index is 10.9. The molecule has 0 atom stereocenters. The van der Waals surface area contributed by atoms with Gasteiger partial charge >= 0.3 is 5.97 Å². The van der Waals surface area contributed by atoms with Crippen LogP contribution < -0.4 is 0 Å². The van der Waals surface area contributed by atoms with Crippen molar-refractivity contribution >= 4 is 33.8 Å². The minimum Gasteiger partial charge on any atom is -0.478 e. The van der Waals surface area contributed by atoms with Crippen molar-refractivity contribution in [2.75, 3.05) is 0 Å². The van der Waals surface area contributed by atoms with Gasteiger partial charge in [0.2, 0.25) is 0 Å². The average molecular weight is 234 g/mol. The number of aromatic nitrogens is 2. The third kappa shape index (κ3) is 1.94. The summed E-state index contributed by atoms with van der Waals surface area (Å²) < 4.78 is 4.78. The highest BCUT2D eigenvalue weighted by atomic mass is 32.1. The van der Waals surface area contributed by atoms with Crippen LogP contribution in [0.3, 0.4) is 0 Å². The summed E-state index contributed by atoms with van der Waals surface area (Å²) in [6, 6.07) is 5.59. The Morgan fingerprint density at radius 3 is 3.06 bits per heavy atom. The molecule has 1 aromatic heterocycles. The van der Waals surface area contributed by atoms with Crippen LogP contribution in [0, 0.1) is 0 Å². The summed E-state index contributed by atoms with van der Waals surface area (Å²) in [5, 5.41) is 12.9. The molecule has 5 heteroatoms. The van der Waals surface area contributed by atoms with E-state index in [0.717, 1.165) is 15.8 Å². The Balaban J connectivity index is 2.55. The summed E-state index contributed by atoms with van der Waals surface area (Å²) in [6.45, 7) is 1.82. The minimum atomic E-state index is -0.878. The van der Waals surface area contributed by atoms with Crippen LogP contribution in [-0.2, 0) is 4.79 Å². The molecule has 82 valence electrons. The van der Waals surface area contributed by atoms with Gasteiger partial charge in [-0.25, -0.2) is 4.79 Å². The number of carbonyl (C=O) groups is 1. The SMILES string of the molecule is CCC(=Cc1cccc2nnsc12)C(=O)O. The van der Waals surface area contributed by atoms with E-state index in [9.17, 15) is 4.79 Å². The van der Waals surface area contributed by atoms with Gasteiger partial charge in [0.05, 0.1) is 4.70 Å². The van der Waals surface area contributed by atoms with Gasteiger partial charge in [-0.2, -0.15) is 0 Å². The number of rotatable bonds is 3. The molecular weight excluding hydrogens is 224 g/mol. The van der Waals surface area contributed by atoms with Crippen molar-refractivity contribution in [2.45, 2.75) is 13.3 Å². The molecule has 0 radical (unpaired) electrons. The van der Waals surface area contributed by atoms with E-state index in [1.54, 1.807) is 6.08 Å². The Morgan fingerprint density at radius 1 is 1.56 bits per heavy atom. The van der Waals surface area contributed by atoms with Gasteiger partial charge in [-0.05, 0) is 35.7 Å². The molecule has 4 nitrogen and oxygen atoms in total. The fraction of sp³-hybridized carbons (Fsp3) is 0.182. The molecule has 1 N–H and O–H groups in total. The minimum absolute atomic E-state index is 0.390. The average Bonchev–Trinajstić information content (AvgIpc) is 2.73. The van der Waals surface area contributed by atoms with Gasteiger partial charge in [-0.3, -0.25) is 0 Å². The molecule has 2 rings (SSSR count). The summed E-state index contributed by atoms with van der Waals surface area (Å²) in [5.74, 6) is -0.878. The van der Waals surface area contributed by atoms with Crippen molar-refractivity contribution in [1.82, 2.24) is 9.59 Å². The molecule has 0 spiro atoms. The molecule has 0 saturated carbocycles. The third-order valence-electron chi connectivity index (χ3n) is 2.29. The van der Waals surface area contributed by atoms with E-state index in [0.29, 0.717) is 12.0 Å². The van der Waals surface area contributed by atoms with Crippen LogP contribution in [0.2, 0.25) is 0 Å². The van der Waals surface area contributed by atoms with Gasteiger partial charge in [0.1, 0.15) is 5.52 Å². The van der Waals surface area contributed by atoms with E-state index in [2.05, 4.69) is 9.59 Å². The maximum absolute atomic E-state index is 10.9. The molecule has 1 aromatic carbocycles. The van der Waals surface area contributed by atoms with Crippen molar-refractivity contribution in [3.05, 3.63) is 29.3 Å². The zero-order chi connectivity index (χ0) is 11.5. The van der Waals surface area contributed by atoms with Gasteiger partial charge < -0.3 is 5.11 Å². The standard InChI is InChI=1S/C11H10N2O2S/c1-2-7(11(14)15)6-8-4-3-5-9-10(8)16-13-12-9/h3-6H,2H2,1H3,(H,14,15). The number of benzene rings is 1. The summed E-state index contributed by atoms with van der Waals surface area (Å²) >= 11 is 1.28. The topological polar surface area (TPSA) is 63.1 Å². The molecule has 0 fully saturated rings. The fourth-order valence-corrected chi connectivity index (χ4v) is 2.09. The first-order valence-electron chi connectivity index (χ1n) is 4.87. The summed E-state index contributed by atoms with van der Waals surface area (Å²) in [5.41, 5.74) is 2.06. The van der Waals surface area contributed by atoms with Crippen LogP contribution in [0.4, 0.5) is 0 Å². The van der Waals surface area contributed by atoms with Gasteiger partial charge in [0.15, 0.2) is 0 Å². The Kier molecular flexibility index (Phi) is 2.96. The molecule has 0 amide bonds. The Morgan fingerprint density at radius 2 is 2.38 bits per heavy atom. The zero-order valence-electron chi connectivity index (χ0n) is 8.67. The predicted molar refractivity (Wildman–Crippen MR) is 63.3 cm³/mol. The highest BCUT2D eigenvalue weighted by molar-refractivity contribution is 7.13. The monoisotopic (exact) mass is 234 g/mol. The van der Waals surface area contributed by atoms with Gasteiger partial charge in [-0.1, -0.05) is 23.5 Å². The molecule has 0 aliphatic rings. The third-order valence-corrected chi connectivity index (χ3v) is 3.08. The van der Waals surface area contributed by atoms with Crippen LogP contribution in [0.5, 0.6) is 0 Å². The van der Waals surface area contributed by atoms with Gasteiger partial charge in [0.25, 0.3) is 0 Å². The fourth-order valence-electron chi connectivity index (χ4n) is 1.44. The van der Waals surface area contributed by atoms with E-state index >= 15 is 0 Å². The molecule has 0 saturated heterocycles. The predicted octanol–water partition coefficient (Wildman–Crippen LogP) is 2.57. The smallest absolute Gasteiger partial charge is 0.331 e. The van der Waals surface area contributed by atoms with Crippen molar-refractivity contribution in [3.63, 3.8) is 0 Å². The second-order valence-electron chi connectivity index (χ2n) is 3.30. The van der Waals surface area contributed by atoms with Crippen LogP contribution in [-0.4, -0.2) is 20.7 Å². The quantitative estimate of drug-likeness (QED) is 0.829. The Hall–Kier alpha value is -1.75. The highest BCUT2D eigenvalue weighted by Crippen LogP contribution is 2.23. The molecule has 0 aliphatic carbocycles. The maximum Gasteiger partial charge on any atom is 0.331 e. The van der Waals surface area contributed by atoms with Crippen molar-refractivity contribution in [3.8, 4) is 0 Å². The van der Waals surface area contributed by atoms with Crippen molar-refractivity contribution in [1.29, 1.82) is 0 Å². The molecule has 0 aliphatic heterocycles. The van der Waals surface area contributed by atoms with E-state index in [1.807, 2.05) is 25.1 Å². The summed E-state index contributed by atoms with van der Waals surface area (Å²) in [7, 11) is 0. The molecule has 2 aromatic rings. The number of carboxylic acid groups (broad SMARTS) is 1. The largest absolute Gasteiger partial charge is 0.478 e. The summed E-state index contributed by atoms with van der Waals surface area (Å²) in [6.07, 6.45) is 2.18. The number of fused-ring (bicyclic) bond motifs is 1. The lowest BCUT2D eigenvalue weighted by Gasteiger charge is -1.99. The summed E-state index contributed by atoms with van der Waals surface area (Å²) in [4.78, 5) is 10.9. The first kappa shape index (κ1) is 10.8. The lowest BCUT2D eigenvalue weighted by molar-refractivity contribution is -0.132. The first-order chi connectivity index (χ1) is 7.72. The van der Waals surface area contributed by atoms with Gasteiger partial charge in [0, 0.05) is 5.57 Å². The van der Waals surface area contributed by atoms with Gasteiger partial charge in [-0.15, -0.1) is 5.10 Å². The molecule has 16 heavy (non-hydrogen) atoms. The molecule has 0 unspecified atom stereocenters. The number of hydrogen-bond acceptors (Lipinski definition) is 4. The molecule has 0 bridgehead atoms. The number of nitrogens with zero attached hydrogens (tertiary/aromatic N) is 2. The first-order valence-corrected chi connectivity index (χ1v) is 5.64. The van der Waals surface area contributed by atoms with Crippen molar-refractivity contribution in [2.24, 2.45) is 0 Å². The Labute approximate surface area is 96.4 Å². The van der Waals surface area contributed by atoms with E-state index < -0.39 is 5.97 Å². The Bertz CT molecular complexity index is 560. The number of aliphatic carboxylic acids is 1. The molecular formula is C11H10N2O2S. The second-order valence-corrected chi connectivity index (χ2v) is 4.05. The highest BCUT2D eigenvalue weighted by Gasteiger charge is 2.07. The lowest BCUT2D eigenvalue weighted by atomic mass is 10.1. The van der Waals surface area contributed by atoms with Crippen molar-refractivity contribution < 1.29 is 9.90 Å². The van der Waals surface area contributed by atoms with E-state index in [1.165, 1.54) is 11.5 Å². The van der Waals surface area contributed by atoms with Crippen LogP contribution >= 0.6 is 11.5 Å². The normalized spacial score (nSPS) is 11.9. The zero-order valence-corrected chi connectivity index (χ0v) is 9.49. The molecule has 1 heterocycles. The number of hydrogen-bond donors (Lipinski definition) is 1. The van der Waals surface area contributed by atoms with E-state index in [4.69, 9.17) is 5.11 Å². The van der Waals surface area contributed by atoms with E-state index in [-0.39, 0.29) is 0 Å². The van der Waals surface area contributed by atoms with Crippen LogP contribution in [0.1, 0.15) is 18.9 Å².